The molecule has 2 aromatic carbocycles. The molecule has 0 radical (unpaired) electrons. The van der Waals surface area contributed by atoms with Crippen molar-refractivity contribution in [2.75, 3.05) is 18.5 Å². The Morgan fingerprint density at radius 2 is 1.77 bits per heavy atom. The number of hydrogen-bond donors (Lipinski definition) is 2. The van der Waals surface area contributed by atoms with Crippen molar-refractivity contribution in [1.29, 1.82) is 0 Å². The highest BCUT2D eigenvalue weighted by Crippen LogP contribution is 2.19. The minimum Gasteiger partial charge on any atom is -0.454 e. The summed E-state index contributed by atoms with van der Waals surface area (Å²) in [4.78, 5) is 35.1. The van der Waals surface area contributed by atoms with Crippen molar-refractivity contribution in [3.8, 4) is 0 Å². The summed E-state index contributed by atoms with van der Waals surface area (Å²) >= 11 is 5.98. The Balaban J connectivity index is 1.68. The summed E-state index contributed by atoms with van der Waals surface area (Å²) in [6, 6.07) is 14.2. The van der Waals surface area contributed by atoms with E-state index >= 15 is 0 Å². The van der Waals surface area contributed by atoms with Gasteiger partial charge in [0.25, 0.3) is 5.91 Å². The van der Waals surface area contributed by atoms with Crippen molar-refractivity contribution in [1.82, 2.24) is 5.32 Å². The zero-order valence-electron chi connectivity index (χ0n) is 14.3. The number of anilines is 1. The molecule has 0 atom stereocenters. The van der Waals surface area contributed by atoms with Crippen molar-refractivity contribution < 1.29 is 19.1 Å². The van der Waals surface area contributed by atoms with Crippen LogP contribution < -0.4 is 10.6 Å². The average Bonchev–Trinajstić information content (AvgIpc) is 2.62. The van der Waals surface area contributed by atoms with Crippen molar-refractivity contribution in [2.45, 2.75) is 13.3 Å². The fourth-order valence-electron chi connectivity index (χ4n) is 2.08. The molecular formula is C19H19ClN2O4. The summed E-state index contributed by atoms with van der Waals surface area (Å²) in [5.41, 5.74) is 2.25. The first-order valence-corrected chi connectivity index (χ1v) is 8.34. The Bertz CT molecular complexity index is 793. The van der Waals surface area contributed by atoms with E-state index in [4.69, 9.17) is 16.3 Å². The van der Waals surface area contributed by atoms with Gasteiger partial charge in [0, 0.05) is 10.7 Å². The Labute approximate surface area is 156 Å². The van der Waals surface area contributed by atoms with Crippen molar-refractivity contribution in [2.24, 2.45) is 0 Å². The summed E-state index contributed by atoms with van der Waals surface area (Å²) in [7, 11) is 0. The molecule has 0 aromatic heterocycles. The quantitative estimate of drug-likeness (QED) is 0.729. The Morgan fingerprint density at radius 1 is 1.04 bits per heavy atom. The van der Waals surface area contributed by atoms with Crippen LogP contribution in [0, 0.1) is 6.92 Å². The van der Waals surface area contributed by atoms with Gasteiger partial charge in [-0.25, -0.2) is 0 Å². The van der Waals surface area contributed by atoms with Gasteiger partial charge in [-0.15, -0.1) is 0 Å². The molecule has 0 bridgehead atoms. The third-order valence-electron chi connectivity index (χ3n) is 3.46. The van der Waals surface area contributed by atoms with Crippen LogP contribution in [0.25, 0.3) is 0 Å². The fourth-order valence-corrected chi connectivity index (χ4v) is 2.26. The first-order chi connectivity index (χ1) is 12.4. The number of hydrogen-bond acceptors (Lipinski definition) is 4. The zero-order valence-corrected chi connectivity index (χ0v) is 15.0. The van der Waals surface area contributed by atoms with Crippen LogP contribution in [0.3, 0.4) is 0 Å². The molecule has 0 aliphatic heterocycles. The van der Waals surface area contributed by atoms with Gasteiger partial charge in [0.15, 0.2) is 6.61 Å². The first kappa shape index (κ1) is 19.5. The Hall–Kier alpha value is -2.86. The number of nitrogens with one attached hydrogen (secondary N) is 2. The van der Waals surface area contributed by atoms with Crippen LogP contribution in [0.5, 0.6) is 0 Å². The van der Waals surface area contributed by atoms with Gasteiger partial charge in [-0.3, -0.25) is 14.4 Å². The molecule has 26 heavy (non-hydrogen) atoms. The van der Waals surface area contributed by atoms with Gasteiger partial charge in [-0.1, -0.05) is 48.0 Å². The summed E-state index contributed by atoms with van der Waals surface area (Å²) in [5.74, 6) is -1.48. The number of carbonyl (C=O) groups excluding carboxylic acids is 3. The van der Waals surface area contributed by atoms with Crippen LogP contribution in [0.2, 0.25) is 5.02 Å². The van der Waals surface area contributed by atoms with Crippen LogP contribution in [-0.2, 0) is 25.5 Å². The maximum absolute atomic E-state index is 11.8. The van der Waals surface area contributed by atoms with E-state index < -0.39 is 18.5 Å². The van der Waals surface area contributed by atoms with Gasteiger partial charge in [-0.2, -0.15) is 0 Å². The number of rotatable bonds is 7. The molecule has 2 amide bonds. The minimum absolute atomic E-state index is 0.169. The zero-order chi connectivity index (χ0) is 18.9. The second-order valence-electron chi connectivity index (χ2n) is 5.61. The maximum Gasteiger partial charge on any atom is 0.325 e. The molecule has 0 aliphatic carbocycles. The van der Waals surface area contributed by atoms with E-state index in [1.54, 1.807) is 18.2 Å². The third kappa shape index (κ3) is 6.57. The van der Waals surface area contributed by atoms with Crippen LogP contribution in [0.1, 0.15) is 11.1 Å². The Morgan fingerprint density at radius 3 is 2.46 bits per heavy atom. The molecule has 6 nitrogen and oxygen atoms in total. The molecule has 0 aliphatic rings. The highest BCUT2D eigenvalue weighted by molar-refractivity contribution is 6.31. The molecule has 136 valence electrons. The number of carbonyl (C=O) groups is 3. The molecule has 0 heterocycles. The molecular weight excluding hydrogens is 356 g/mol. The highest BCUT2D eigenvalue weighted by Gasteiger charge is 2.10. The van der Waals surface area contributed by atoms with E-state index in [2.05, 4.69) is 10.6 Å². The van der Waals surface area contributed by atoms with Gasteiger partial charge in [0.05, 0.1) is 6.42 Å². The van der Waals surface area contributed by atoms with E-state index in [0.717, 1.165) is 11.1 Å². The normalized spacial score (nSPS) is 10.1. The summed E-state index contributed by atoms with van der Waals surface area (Å²) in [5, 5.41) is 5.56. The molecule has 2 N–H and O–H groups in total. The largest absolute Gasteiger partial charge is 0.454 e. The van der Waals surface area contributed by atoms with Crippen molar-refractivity contribution in [3.05, 3.63) is 64.7 Å². The summed E-state index contributed by atoms with van der Waals surface area (Å²) in [6.07, 6.45) is 0.169. The monoisotopic (exact) mass is 374 g/mol. The smallest absolute Gasteiger partial charge is 0.325 e. The third-order valence-corrected chi connectivity index (χ3v) is 3.86. The molecule has 0 fully saturated rings. The number of amides is 2. The molecule has 2 aromatic rings. The van der Waals surface area contributed by atoms with Gasteiger partial charge in [0.2, 0.25) is 5.91 Å². The number of benzene rings is 2. The summed E-state index contributed by atoms with van der Waals surface area (Å²) < 4.78 is 4.83. The van der Waals surface area contributed by atoms with Crippen LogP contribution in [-0.4, -0.2) is 30.9 Å². The lowest BCUT2D eigenvalue weighted by Crippen LogP contribution is -2.33. The number of aryl methyl sites for hydroxylation is 1. The summed E-state index contributed by atoms with van der Waals surface area (Å²) in [6.45, 7) is 1.11. The van der Waals surface area contributed by atoms with E-state index in [-0.39, 0.29) is 18.9 Å². The molecule has 2 rings (SSSR count). The Kier molecular flexibility index (Phi) is 7.17. The van der Waals surface area contributed by atoms with E-state index in [0.29, 0.717) is 10.7 Å². The van der Waals surface area contributed by atoms with Gasteiger partial charge < -0.3 is 15.4 Å². The molecule has 0 unspecified atom stereocenters. The van der Waals surface area contributed by atoms with E-state index in [9.17, 15) is 14.4 Å². The number of ether oxygens (including phenoxy) is 1. The minimum atomic E-state index is -0.691. The van der Waals surface area contributed by atoms with Crippen molar-refractivity contribution in [3.63, 3.8) is 0 Å². The van der Waals surface area contributed by atoms with Gasteiger partial charge >= 0.3 is 5.97 Å². The lowest BCUT2D eigenvalue weighted by Gasteiger charge is -2.08. The van der Waals surface area contributed by atoms with Gasteiger partial charge in [-0.05, 0) is 30.2 Å². The maximum atomic E-state index is 11.8. The molecule has 7 heteroatoms. The lowest BCUT2D eigenvalue weighted by molar-refractivity contribution is -0.147. The second-order valence-corrected chi connectivity index (χ2v) is 6.02. The fraction of sp³-hybridized carbons (Fsp3) is 0.211. The van der Waals surface area contributed by atoms with Gasteiger partial charge in [0.1, 0.15) is 6.54 Å². The number of esters is 1. The lowest BCUT2D eigenvalue weighted by atomic mass is 10.1. The highest BCUT2D eigenvalue weighted by atomic mass is 35.5. The SMILES string of the molecule is Cc1ccc(NC(=O)COC(=O)CNC(=O)Cc2ccccc2)cc1Cl. The van der Waals surface area contributed by atoms with Crippen LogP contribution in [0.15, 0.2) is 48.5 Å². The van der Waals surface area contributed by atoms with E-state index in [1.165, 1.54) is 0 Å². The molecule has 0 saturated heterocycles. The molecule has 0 spiro atoms. The molecule has 0 saturated carbocycles. The predicted octanol–water partition coefficient (Wildman–Crippen LogP) is 2.49. The van der Waals surface area contributed by atoms with Crippen LogP contribution in [0.4, 0.5) is 5.69 Å². The van der Waals surface area contributed by atoms with E-state index in [1.807, 2.05) is 37.3 Å². The first-order valence-electron chi connectivity index (χ1n) is 7.96. The number of halogens is 1. The standard InChI is InChI=1S/C19H19ClN2O4/c1-13-7-8-15(10-16(13)20)22-18(24)12-26-19(25)11-21-17(23)9-14-5-3-2-4-6-14/h2-8,10H,9,11-12H2,1H3,(H,21,23)(H,22,24). The predicted molar refractivity (Wildman–Crippen MR) is 98.9 cm³/mol. The van der Waals surface area contributed by atoms with Crippen LogP contribution >= 0.6 is 11.6 Å². The second kappa shape index (κ2) is 9.58. The topological polar surface area (TPSA) is 84.5 Å². The average molecular weight is 375 g/mol. The van der Waals surface area contributed by atoms with Crippen molar-refractivity contribution >= 4 is 35.1 Å².